The highest BCUT2D eigenvalue weighted by Gasteiger charge is 2.21. The first kappa shape index (κ1) is 6.53. The largest absolute Gasteiger partial charge is 0.293 e. The Morgan fingerprint density at radius 3 is 3.27 bits per heavy atom. The molecule has 0 radical (unpaired) electrons. The van der Waals surface area contributed by atoms with Crippen LogP contribution < -0.4 is 0 Å². The molecule has 1 aliphatic heterocycles. The van der Waals surface area contributed by atoms with E-state index in [1.807, 2.05) is 18.4 Å². The van der Waals surface area contributed by atoms with Crippen LogP contribution in [0.3, 0.4) is 0 Å². The molecule has 0 saturated carbocycles. The van der Waals surface area contributed by atoms with Crippen LogP contribution in [0, 0.1) is 5.92 Å². The van der Waals surface area contributed by atoms with E-state index >= 15 is 0 Å². The normalized spacial score (nSPS) is 28.2. The molecule has 1 aliphatic carbocycles. The van der Waals surface area contributed by atoms with Crippen molar-refractivity contribution < 1.29 is 4.79 Å². The Bertz CT molecular complexity index is 273. The second kappa shape index (κ2) is 2.46. The Morgan fingerprint density at radius 2 is 2.45 bits per heavy atom. The van der Waals surface area contributed by atoms with Gasteiger partial charge in [0.15, 0.2) is 5.78 Å². The summed E-state index contributed by atoms with van der Waals surface area (Å²) in [4.78, 5) is 15.3. The molecule has 0 aromatic carbocycles. The second-order valence-corrected chi connectivity index (χ2v) is 2.78. The van der Waals surface area contributed by atoms with Crippen molar-refractivity contribution in [3.05, 3.63) is 23.8 Å². The Balaban J connectivity index is 2.35. The molecule has 2 rings (SSSR count). The highest BCUT2D eigenvalue weighted by atomic mass is 16.1. The summed E-state index contributed by atoms with van der Waals surface area (Å²) in [7, 11) is 0. The molecule has 0 aromatic rings. The van der Waals surface area contributed by atoms with Crippen LogP contribution >= 0.6 is 0 Å². The third kappa shape index (κ3) is 1.04. The van der Waals surface area contributed by atoms with E-state index in [9.17, 15) is 4.79 Å². The smallest absolute Gasteiger partial charge is 0.181 e. The van der Waals surface area contributed by atoms with E-state index in [1.165, 1.54) is 0 Å². The molecule has 0 amide bonds. The van der Waals surface area contributed by atoms with E-state index in [4.69, 9.17) is 0 Å². The molecule has 1 unspecified atom stereocenters. The number of aliphatic imine (C=N–C) groups is 1. The summed E-state index contributed by atoms with van der Waals surface area (Å²) in [5, 5.41) is 0. The molecule has 1 atom stereocenters. The molecular formula is C9H9NO. The third-order valence-electron chi connectivity index (χ3n) is 2.05. The van der Waals surface area contributed by atoms with Crippen molar-refractivity contribution in [1.82, 2.24) is 0 Å². The molecule has 0 saturated heterocycles. The van der Waals surface area contributed by atoms with Crippen molar-refractivity contribution in [3.63, 3.8) is 0 Å². The van der Waals surface area contributed by atoms with Crippen LogP contribution in [0.15, 0.2) is 28.8 Å². The number of carbonyl (C=O) groups excluding carboxylic acids is 1. The van der Waals surface area contributed by atoms with Crippen LogP contribution in [0.5, 0.6) is 0 Å². The predicted octanol–water partition coefficient (Wildman–Crippen LogP) is 1.14. The molecule has 0 spiro atoms. The highest BCUT2D eigenvalue weighted by molar-refractivity contribution is 6.08. The van der Waals surface area contributed by atoms with E-state index < -0.39 is 0 Å². The molecule has 2 nitrogen and oxygen atoms in total. The molecule has 2 heteroatoms. The lowest BCUT2D eigenvalue weighted by Gasteiger charge is -2.18. The van der Waals surface area contributed by atoms with Gasteiger partial charge in [0.1, 0.15) is 0 Å². The van der Waals surface area contributed by atoms with Gasteiger partial charge in [-0.25, -0.2) is 0 Å². The van der Waals surface area contributed by atoms with Crippen LogP contribution in [-0.2, 0) is 4.79 Å². The number of ketones is 1. The van der Waals surface area contributed by atoms with Gasteiger partial charge in [-0.05, 0) is 12.5 Å². The molecule has 1 heterocycles. The van der Waals surface area contributed by atoms with Crippen LogP contribution in [-0.4, -0.2) is 18.5 Å². The fourth-order valence-electron chi connectivity index (χ4n) is 1.46. The van der Waals surface area contributed by atoms with E-state index in [-0.39, 0.29) is 11.7 Å². The van der Waals surface area contributed by atoms with Crippen LogP contribution in [0.25, 0.3) is 0 Å². The number of nitrogens with zero attached hydrogens (tertiary/aromatic N) is 1. The lowest BCUT2D eigenvalue weighted by molar-refractivity contribution is -0.111. The lowest BCUT2D eigenvalue weighted by Crippen LogP contribution is -2.19. The van der Waals surface area contributed by atoms with E-state index in [2.05, 4.69) is 4.99 Å². The molecular weight excluding hydrogens is 138 g/mol. The SMILES string of the molecule is O=C1C=CCC2C=NCC=C12. The average molecular weight is 147 g/mol. The maximum Gasteiger partial charge on any atom is 0.181 e. The fourth-order valence-corrected chi connectivity index (χ4v) is 1.46. The lowest BCUT2D eigenvalue weighted by atomic mass is 9.87. The minimum atomic E-state index is 0.160. The number of hydrogen-bond acceptors (Lipinski definition) is 2. The molecule has 11 heavy (non-hydrogen) atoms. The van der Waals surface area contributed by atoms with Crippen LogP contribution in [0.4, 0.5) is 0 Å². The first-order valence-corrected chi connectivity index (χ1v) is 3.79. The van der Waals surface area contributed by atoms with E-state index in [0.29, 0.717) is 6.54 Å². The van der Waals surface area contributed by atoms with Crippen molar-refractivity contribution in [1.29, 1.82) is 0 Å². The molecule has 2 aliphatic rings. The molecule has 0 N–H and O–H groups in total. The molecule has 0 bridgehead atoms. The quantitative estimate of drug-likeness (QED) is 0.505. The van der Waals surface area contributed by atoms with Gasteiger partial charge in [0.2, 0.25) is 0 Å². The summed E-state index contributed by atoms with van der Waals surface area (Å²) >= 11 is 0. The number of carbonyl (C=O) groups is 1. The van der Waals surface area contributed by atoms with Crippen molar-refractivity contribution in [2.24, 2.45) is 10.9 Å². The zero-order valence-electron chi connectivity index (χ0n) is 6.16. The van der Waals surface area contributed by atoms with Gasteiger partial charge in [-0.1, -0.05) is 12.2 Å². The summed E-state index contributed by atoms with van der Waals surface area (Å²) in [6, 6.07) is 0. The Morgan fingerprint density at radius 1 is 1.55 bits per heavy atom. The number of allylic oxidation sites excluding steroid dienone is 3. The summed E-state index contributed by atoms with van der Waals surface area (Å²) in [5.74, 6) is 0.425. The number of fused-ring (bicyclic) bond motifs is 1. The zero-order valence-corrected chi connectivity index (χ0v) is 6.16. The van der Waals surface area contributed by atoms with Crippen molar-refractivity contribution >= 4 is 12.0 Å². The van der Waals surface area contributed by atoms with Gasteiger partial charge in [-0.15, -0.1) is 0 Å². The van der Waals surface area contributed by atoms with Crippen molar-refractivity contribution in [2.45, 2.75) is 6.42 Å². The number of dihydropyridines is 1. The van der Waals surface area contributed by atoms with Gasteiger partial charge < -0.3 is 0 Å². The molecule has 56 valence electrons. The highest BCUT2D eigenvalue weighted by Crippen LogP contribution is 2.22. The molecule has 0 fully saturated rings. The predicted molar refractivity (Wildman–Crippen MR) is 43.7 cm³/mol. The van der Waals surface area contributed by atoms with Crippen molar-refractivity contribution in [2.75, 3.05) is 6.54 Å². The third-order valence-corrected chi connectivity index (χ3v) is 2.05. The zero-order chi connectivity index (χ0) is 7.68. The van der Waals surface area contributed by atoms with Crippen LogP contribution in [0.2, 0.25) is 0 Å². The van der Waals surface area contributed by atoms with E-state index in [1.54, 1.807) is 6.08 Å². The summed E-state index contributed by atoms with van der Waals surface area (Å²) in [6.45, 7) is 0.672. The summed E-state index contributed by atoms with van der Waals surface area (Å²) < 4.78 is 0. The Labute approximate surface area is 65.3 Å². The standard InChI is InChI=1S/C9H9NO/c11-9-3-1-2-7-6-10-5-4-8(7)9/h1,3-4,6-7H,2,5H2. The summed E-state index contributed by atoms with van der Waals surface area (Å²) in [6.07, 6.45) is 8.32. The van der Waals surface area contributed by atoms with Gasteiger partial charge in [0.05, 0.1) is 6.54 Å². The number of hydrogen-bond donors (Lipinski definition) is 0. The maximum atomic E-state index is 11.2. The fraction of sp³-hybridized carbons (Fsp3) is 0.333. The first-order chi connectivity index (χ1) is 5.38. The Kier molecular flexibility index (Phi) is 1.46. The van der Waals surface area contributed by atoms with Gasteiger partial charge in [0.25, 0.3) is 0 Å². The average Bonchev–Trinajstić information content (AvgIpc) is 2.06. The topological polar surface area (TPSA) is 29.4 Å². The van der Waals surface area contributed by atoms with Gasteiger partial charge in [-0.2, -0.15) is 0 Å². The van der Waals surface area contributed by atoms with Gasteiger partial charge in [0, 0.05) is 17.7 Å². The maximum absolute atomic E-state index is 11.2. The van der Waals surface area contributed by atoms with Crippen molar-refractivity contribution in [3.8, 4) is 0 Å². The second-order valence-electron chi connectivity index (χ2n) is 2.78. The summed E-state index contributed by atoms with van der Waals surface area (Å²) in [5.41, 5.74) is 0.933. The van der Waals surface area contributed by atoms with E-state index in [0.717, 1.165) is 12.0 Å². The van der Waals surface area contributed by atoms with Crippen LogP contribution in [0.1, 0.15) is 6.42 Å². The monoisotopic (exact) mass is 147 g/mol. The minimum absolute atomic E-state index is 0.160. The first-order valence-electron chi connectivity index (χ1n) is 3.79. The van der Waals surface area contributed by atoms with Gasteiger partial charge >= 0.3 is 0 Å². The molecule has 0 aromatic heterocycles. The number of rotatable bonds is 0. The minimum Gasteiger partial charge on any atom is -0.293 e. The Hall–Kier alpha value is -1.18. The van der Waals surface area contributed by atoms with Gasteiger partial charge in [-0.3, -0.25) is 9.79 Å².